The first-order valence-electron chi connectivity index (χ1n) is 6.81. The molecule has 1 atom stereocenters. The molecule has 0 aliphatic carbocycles. The first-order valence-corrected chi connectivity index (χ1v) is 7.19. The second kappa shape index (κ2) is 8.62. The van der Waals surface area contributed by atoms with Gasteiger partial charge in [0.2, 0.25) is 11.9 Å². The maximum atomic E-state index is 12.8. The molecule has 1 unspecified atom stereocenters. The lowest BCUT2D eigenvalue weighted by molar-refractivity contribution is -0.184. The number of anilines is 2. The van der Waals surface area contributed by atoms with Gasteiger partial charge in [-0.05, 0) is 24.1 Å². The number of nitrogen functional groups attached to an aromatic ring is 1. The summed E-state index contributed by atoms with van der Waals surface area (Å²) < 4.78 is 48.7. The second-order valence-corrected chi connectivity index (χ2v) is 4.95. The predicted octanol–water partition coefficient (Wildman–Crippen LogP) is 3.97. The van der Waals surface area contributed by atoms with Crippen LogP contribution in [0.2, 0.25) is 5.02 Å². The van der Waals surface area contributed by atoms with Crippen LogP contribution < -0.4 is 11.1 Å². The van der Waals surface area contributed by atoms with Crippen molar-refractivity contribution in [3.8, 4) is 0 Å². The van der Waals surface area contributed by atoms with Crippen molar-refractivity contribution in [3.05, 3.63) is 40.7 Å². The molecule has 5 nitrogen and oxygen atoms in total. The molecule has 132 valence electrons. The number of nitrogens with one attached hydrogen (secondary N) is 1. The fourth-order valence-electron chi connectivity index (χ4n) is 1.50. The Bertz CT molecular complexity index is 649. The summed E-state index contributed by atoms with van der Waals surface area (Å²) in [6.45, 7) is 2.13. The number of benzene rings is 1. The van der Waals surface area contributed by atoms with E-state index >= 15 is 0 Å². The first-order chi connectivity index (χ1) is 11.2. The summed E-state index contributed by atoms with van der Waals surface area (Å²) in [7, 11) is 1.36. The largest absolute Gasteiger partial charge is 0.427 e. The number of nitrogens with zero attached hydrogens (tertiary/aromatic N) is 3. The molecular formula is C14H16ClF4N5. The van der Waals surface area contributed by atoms with E-state index in [-0.39, 0.29) is 5.95 Å². The number of alkyl halides is 4. The Balaban J connectivity index is 0.000000272. The van der Waals surface area contributed by atoms with Gasteiger partial charge in [-0.1, -0.05) is 30.7 Å². The van der Waals surface area contributed by atoms with Crippen LogP contribution in [0.5, 0.6) is 0 Å². The Morgan fingerprint density at radius 2 is 1.75 bits per heavy atom. The maximum Gasteiger partial charge on any atom is 0.427 e. The molecule has 0 saturated heterocycles. The predicted molar refractivity (Wildman–Crippen MR) is 84.5 cm³/mol. The summed E-state index contributed by atoms with van der Waals surface area (Å²) >= 11 is 5.67. The Labute approximate surface area is 141 Å². The van der Waals surface area contributed by atoms with Crippen molar-refractivity contribution in [3.63, 3.8) is 0 Å². The minimum absolute atomic E-state index is 0.218. The summed E-state index contributed by atoms with van der Waals surface area (Å²) in [5, 5.41) is 3.15. The summed E-state index contributed by atoms with van der Waals surface area (Å²) in [6.07, 6.45) is -7.24. The van der Waals surface area contributed by atoms with Crippen molar-refractivity contribution in [2.75, 3.05) is 18.1 Å². The van der Waals surface area contributed by atoms with Crippen LogP contribution in [-0.4, -0.2) is 28.2 Å². The van der Waals surface area contributed by atoms with Crippen LogP contribution in [0.1, 0.15) is 24.5 Å². The molecule has 0 amide bonds. The monoisotopic (exact) mass is 365 g/mol. The minimum atomic E-state index is -5.06. The first kappa shape index (κ1) is 19.9. The van der Waals surface area contributed by atoms with E-state index in [1.165, 1.54) is 12.6 Å². The van der Waals surface area contributed by atoms with Crippen LogP contribution in [0.25, 0.3) is 0 Å². The number of hydrogen-bond donors (Lipinski definition) is 2. The van der Waals surface area contributed by atoms with Crippen LogP contribution >= 0.6 is 11.6 Å². The zero-order chi connectivity index (χ0) is 18.3. The van der Waals surface area contributed by atoms with E-state index in [1.54, 1.807) is 0 Å². The standard InChI is InChI=1S/C8H9Cl.C6H7F4N5/c1-2-7-3-5-8(9)6-4-7;1-12-5-14-3(13-4(11)15-5)2(7)6(8,9)10/h3-6H,2H2,1H3;2H,1H3,(H3,11,12,13,14,15). The molecule has 1 aromatic heterocycles. The third-order valence-electron chi connectivity index (χ3n) is 2.73. The molecular weight excluding hydrogens is 350 g/mol. The summed E-state index contributed by atoms with van der Waals surface area (Å²) in [6, 6.07) is 7.92. The van der Waals surface area contributed by atoms with E-state index in [9.17, 15) is 17.6 Å². The average molecular weight is 366 g/mol. The molecule has 2 aromatic rings. The molecule has 3 N–H and O–H groups in total. The summed E-state index contributed by atoms with van der Waals surface area (Å²) in [5.41, 5.74) is 6.41. The lowest BCUT2D eigenvalue weighted by atomic mass is 10.2. The van der Waals surface area contributed by atoms with E-state index in [4.69, 9.17) is 17.3 Å². The highest BCUT2D eigenvalue weighted by Gasteiger charge is 2.43. The highest BCUT2D eigenvalue weighted by molar-refractivity contribution is 6.30. The van der Waals surface area contributed by atoms with Crippen molar-refractivity contribution >= 4 is 23.5 Å². The lowest BCUT2D eigenvalue weighted by Crippen LogP contribution is -2.20. The van der Waals surface area contributed by atoms with Gasteiger partial charge in [0.15, 0.2) is 5.82 Å². The van der Waals surface area contributed by atoms with Crippen molar-refractivity contribution in [2.45, 2.75) is 25.7 Å². The molecule has 24 heavy (non-hydrogen) atoms. The van der Waals surface area contributed by atoms with Gasteiger partial charge in [0.1, 0.15) is 0 Å². The molecule has 0 aliphatic heterocycles. The van der Waals surface area contributed by atoms with Crippen LogP contribution in [0.4, 0.5) is 29.5 Å². The third kappa shape index (κ3) is 6.15. The van der Waals surface area contributed by atoms with Gasteiger partial charge in [-0.2, -0.15) is 28.1 Å². The Kier molecular flexibility index (Phi) is 7.15. The van der Waals surface area contributed by atoms with E-state index in [0.717, 1.165) is 11.4 Å². The van der Waals surface area contributed by atoms with Gasteiger partial charge in [0.25, 0.3) is 6.17 Å². The van der Waals surface area contributed by atoms with Gasteiger partial charge in [-0.25, -0.2) is 4.39 Å². The van der Waals surface area contributed by atoms with Crippen LogP contribution in [-0.2, 0) is 6.42 Å². The zero-order valence-electron chi connectivity index (χ0n) is 12.9. The number of nitrogens with two attached hydrogens (primary N) is 1. The second-order valence-electron chi connectivity index (χ2n) is 4.51. The van der Waals surface area contributed by atoms with Gasteiger partial charge in [0.05, 0.1) is 0 Å². The van der Waals surface area contributed by atoms with Gasteiger partial charge in [0, 0.05) is 12.1 Å². The van der Waals surface area contributed by atoms with Crippen LogP contribution in [0.3, 0.4) is 0 Å². The molecule has 0 saturated carbocycles. The number of halogens is 5. The number of rotatable bonds is 3. The molecule has 2 rings (SSSR count). The summed E-state index contributed by atoms with van der Waals surface area (Å²) in [5.74, 6) is -1.75. The highest BCUT2D eigenvalue weighted by Crippen LogP contribution is 2.34. The van der Waals surface area contributed by atoms with Gasteiger partial charge < -0.3 is 11.1 Å². The Morgan fingerprint density at radius 1 is 1.17 bits per heavy atom. The molecule has 0 radical (unpaired) electrons. The molecule has 10 heteroatoms. The number of hydrogen-bond acceptors (Lipinski definition) is 5. The van der Waals surface area contributed by atoms with Crippen molar-refractivity contribution in [2.24, 2.45) is 0 Å². The quantitative estimate of drug-likeness (QED) is 0.805. The minimum Gasteiger partial charge on any atom is -0.368 e. The van der Waals surface area contributed by atoms with Crippen molar-refractivity contribution < 1.29 is 17.6 Å². The fraction of sp³-hybridized carbons (Fsp3) is 0.357. The Morgan fingerprint density at radius 3 is 2.21 bits per heavy atom. The van der Waals surface area contributed by atoms with Crippen molar-refractivity contribution in [1.82, 2.24) is 15.0 Å². The molecule has 0 bridgehead atoms. The molecule has 0 aliphatic rings. The highest BCUT2D eigenvalue weighted by atomic mass is 35.5. The lowest BCUT2D eigenvalue weighted by Gasteiger charge is -2.11. The van der Waals surface area contributed by atoms with Crippen LogP contribution in [0, 0.1) is 0 Å². The van der Waals surface area contributed by atoms with Gasteiger partial charge >= 0.3 is 6.18 Å². The fourth-order valence-corrected chi connectivity index (χ4v) is 1.63. The van der Waals surface area contributed by atoms with Gasteiger partial charge in [-0.15, -0.1) is 0 Å². The number of aryl methyl sites for hydroxylation is 1. The molecule has 0 fully saturated rings. The summed E-state index contributed by atoms with van der Waals surface area (Å²) in [4.78, 5) is 9.71. The van der Waals surface area contributed by atoms with E-state index < -0.39 is 24.1 Å². The van der Waals surface area contributed by atoms with Gasteiger partial charge in [-0.3, -0.25) is 0 Å². The normalized spacial score (nSPS) is 12.1. The molecule has 1 heterocycles. The topological polar surface area (TPSA) is 76.7 Å². The van der Waals surface area contributed by atoms with Crippen LogP contribution in [0.15, 0.2) is 24.3 Å². The van der Waals surface area contributed by atoms with E-state index in [1.807, 2.05) is 24.3 Å². The molecule has 0 spiro atoms. The third-order valence-corrected chi connectivity index (χ3v) is 2.98. The zero-order valence-corrected chi connectivity index (χ0v) is 13.7. The Hall–Kier alpha value is -2.16. The molecule has 1 aromatic carbocycles. The van der Waals surface area contributed by atoms with E-state index in [2.05, 4.69) is 27.2 Å². The average Bonchev–Trinajstić information content (AvgIpc) is 2.54. The number of aromatic nitrogens is 3. The van der Waals surface area contributed by atoms with Crippen molar-refractivity contribution in [1.29, 1.82) is 0 Å². The van der Waals surface area contributed by atoms with E-state index in [0.29, 0.717) is 0 Å². The SMILES string of the molecule is CCc1ccc(Cl)cc1.CNc1nc(N)nc(C(F)C(F)(F)F)n1. The smallest absolute Gasteiger partial charge is 0.368 e. The maximum absolute atomic E-state index is 12.8.